The zero-order valence-electron chi connectivity index (χ0n) is 15.0. The highest BCUT2D eigenvalue weighted by Gasteiger charge is 2.31. The van der Waals surface area contributed by atoms with Gasteiger partial charge in [0.2, 0.25) is 11.9 Å². The van der Waals surface area contributed by atoms with Gasteiger partial charge in [0.1, 0.15) is 0 Å². The summed E-state index contributed by atoms with van der Waals surface area (Å²) in [5.74, 6) is 2.23. The first-order valence-electron chi connectivity index (χ1n) is 8.55. The van der Waals surface area contributed by atoms with Crippen molar-refractivity contribution in [2.24, 2.45) is 0 Å². The standard InChI is InChI=1S/C19H20ClN5O2/c1-26-16-8-5-12(9-17(16)27-2)15-10-14(11-3-6-13(20)7-4-11)22-19-23-18(21)24-25(15)19/h3-9,14-15H,10H2,1-2H3,(H3,21,22,23,24)/t14-,15-/m1/s1. The van der Waals surface area contributed by atoms with E-state index in [-0.39, 0.29) is 18.0 Å². The van der Waals surface area contributed by atoms with Crippen LogP contribution >= 0.6 is 11.6 Å². The second-order valence-electron chi connectivity index (χ2n) is 6.35. The molecule has 1 aliphatic rings. The molecule has 0 spiro atoms. The molecule has 3 N–H and O–H groups in total. The second-order valence-corrected chi connectivity index (χ2v) is 6.79. The highest BCUT2D eigenvalue weighted by molar-refractivity contribution is 6.30. The lowest BCUT2D eigenvalue weighted by molar-refractivity contribution is 0.352. The molecule has 2 atom stereocenters. The Balaban J connectivity index is 1.75. The van der Waals surface area contributed by atoms with Gasteiger partial charge in [-0.3, -0.25) is 0 Å². The van der Waals surface area contributed by atoms with E-state index in [9.17, 15) is 0 Å². The molecular weight excluding hydrogens is 366 g/mol. The smallest absolute Gasteiger partial charge is 0.241 e. The molecule has 0 unspecified atom stereocenters. The van der Waals surface area contributed by atoms with Crippen molar-refractivity contribution >= 4 is 23.5 Å². The van der Waals surface area contributed by atoms with E-state index in [1.54, 1.807) is 14.2 Å². The minimum atomic E-state index is -0.0495. The average molecular weight is 386 g/mol. The third-order valence-corrected chi connectivity index (χ3v) is 5.02. The number of hydrogen-bond acceptors (Lipinski definition) is 6. The second kappa shape index (κ2) is 7.00. The Morgan fingerprint density at radius 1 is 1.07 bits per heavy atom. The Hall–Kier alpha value is -2.93. The molecule has 0 saturated heterocycles. The molecule has 140 valence electrons. The maximum absolute atomic E-state index is 6.03. The van der Waals surface area contributed by atoms with Gasteiger partial charge in [-0.25, -0.2) is 4.68 Å². The van der Waals surface area contributed by atoms with Crippen LogP contribution in [0.1, 0.15) is 29.6 Å². The Bertz CT molecular complexity index is 957. The minimum absolute atomic E-state index is 0.0495. The summed E-state index contributed by atoms with van der Waals surface area (Å²) in [7, 11) is 3.24. The normalized spacial score (nSPS) is 18.5. The molecule has 0 fully saturated rings. The number of ether oxygens (including phenoxy) is 2. The first-order valence-corrected chi connectivity index (χ1v) is 8.92. The molecule has 3 aromatic rings. The van der Waals surface area contributed by atoms with Crippen LogP contribution in [-0.4, -0.2) is 29.0 Å². The monoisotopic (exact) mass is 385 g/mol. The van der Waals surface area contributed by atoms with Crippen LogP contribution in [0.2, 0.25) is 5.02 Å². The molecule has 0 amide bonds. The summed E-state index contributed by atoms with van der Waals surface area (Å²) >= 11 is 6.03. The fraction of sp³-hybridized carbons (Fsp3) is 0.263. The molecule has 27 heavy (non-hydrogen) atoms. The quantitative estimate of drug-likeness (QED) is 0.712. The third kappa shape index (κ3) is 3.26. The zero-order valence-corrected chi connectivity index (χ0v) is 15.8. The van der Waals surface area contributed by atoms with Crippen LogP contribution in [-0.2, 0) is 0 Å². The number of methoxy groups -OCH3 is 2. The Morgan fingerprint density at radius 3 is 2.48 bits per heavy atom. The molecule has 4 rings (SSSR count). The van der Waals surface area contributed by atoms with Crippen molar-refractivity contribution in [1.82, 2.24) is 14.8 Å². The Morgan fingerprint density at radius 2 is 1.78 bits per heavy atom. The molecule has 8 heteroatoms. The first-order chi connectivity index (χ1) is 13.1. The third-order valence-electron chi connectivity index (χ3n) is 4.77. The fourth-order valence-electron chi connectivity index (χ4n) is 3.45. The minimum Gasteiger partial charge on any atom is -0.493 e. The van der Waals surface area contributed by atoms with Gasteiger partial charge in [0, 0.05) is 5.02 Å². The molecule has 0 saturated carbocycles. The van der Waals surface area contributed by atoms with E-state index in [1.165, 1.54) is 0 Å². The summed E-state index contributed by atoms with van der Waals surface area (Å²) in [5, 5.41) is 8.50. The number of anilines is 2. The number of nitrogen functional groups attached to an aromatic ring is 1. The molecule has 1 aromatic heterocycles. The van der Waals surface area contributed by atoms with Gasteiger partial charge < -0.3 is 20.5 Å². The highest BCUT2D eigenvalue weighted by atomic mass is 35.5. The van der Waals surface area contributed by atoms with Crippen LogP contribution in [0.3, 0.4) is 0 Å². The van der Waals surface area contributed by atoms with Gasteiger partial charge in [0.15, 0.2) is 11.5 Å². The predicted octanol–water partition coefficient (Wildman–Crippen LogP) is 3.68. The lowest BCUT2D eigenvalue weighted by Crippen LogP contribution is -2.28. The Kier molecular flexibility index (Phi) is 4.53. The van der Waals surface area contributed by atoms with Crippen LogP contribution < -0.4 is 20.5 Å². The van der Waals surface area contributed by atoms with Gasteiger partial charge in [-0.15, -0.1) is 5.10 Å². The maximum Gasteiger partial charge on any atom is 0.241 e. The first kappa shape index (κ1) is 17.5. The van der Waals surface area contributed by atoms with Crippen LogP contribution in [0.15, 0.2) is 42.5 Å². The number of nitrogens with one attached hydrogen (secondary N) is 1. The summed E-state index contributed by atoms with van der Waals surface area (Å²) in [4.78, 5) is 4.33. The lowest BCUT2D eigenvalue weighted by Gasteiger charge is -2.32. The number of halogens is 1. The fourth-order valence-corrected chi connectivity index (χ4v) is 3.57. The van der Waals surface area contributed by atoms with Crippen molar-refractivity contribution in [3.63, 3.8) is 0 Å². The average Bonchev–Trinajstić information content (AvgIpc) is 3.07. The number of nitrogens with two attached hydrogens (primary N) is 1. The van der Waals surface area contributed by atoms with Gasteiger partial charge in [-0.05, 0) is 41.8 Å². The van der Waals surface area contributed by atoms with Gasteiger partial charge in [-0.2, -0.15) is 4.98 Å². The van der Waals surface area contributed by atoms with Crippen molar-refractivity contribution < 1.29 is 9.47 Å². The summed E-state index contributed by atoms with van der Waals surface area (Å²) in [6, 6.07) is 13.7. The van der Waals surface area contributed by atoms with Crippen LogP contribution in [0.25, 0.3) is 0 Å². The number of aromatic nitrogens is 3. The van der Waals surface area contributed by atoms with Crippen LogP contribution in [0.5, 0.6) is 11.5 Å². The largest absolute Gasteiger partial charge is 0.493 e. The van der Waals surface area contributed by atoms with E-state index < -0.39 is 0 Å². The molecule has 2 aromatic carbocycles. The number of benzene rings is 2. The van der Waals surface area contributed by atoms with Gasteiger partial charge in [-0.1, -0.05) is 29.8 Å². The number of hydrogen-bond donors (Lipinski definition) is 2. The molecule has 2 heterocycles. The van der Waals surface area contributed by atoms with E-state index in [4.69, 9.17) is 26.8 Å². The number of nitrogens with zero attached hydrogens (tertiary/aromatic N) is 3. The molecule has 0 bridgehead atoms. The van der Waals surface area contributed by atoms with E-state index in [1.807, 2.05) is 47.1 Å². The zero-order chi connectivity index (χ0) is 19.0. The molecule has 1 aliphatic heterocycles. The molecule has 0 radical (unpaired) electrons. The van der Waals surface area contributed by atoms with Gasteiger partial charge in [0.25, 0.3) is 0 Å². The summed E-state index contributed by atoms with van der Waals surface area (Å²) in [6.45, 7) is 0. The van der Waals surface area contributed by atoms with Gasteiger partial charge >= 0.3 is 0 Å². The Labute approximate surface area is 162 Å². The molecular formula is C19H20ClN5O2. The molecule has 7 nitrogen and oxygen atoms in total. The van der Waals surface area contributed by atoms with Crippen molar-refractivity contribution in [2.75, 3.05) is 25.3 Å². The van der Waals surface area contributed by atoms with Crippen LogP contribution in [0.4, 0.5) is 11.9 Å². The summed E-state index contributed by atoms with van der Waals surface area (Å²) in [5.41, 5.74) is 8.02. The topological polar surface area (TPSA) is 87.2 Å². The van der Waals surface area contributed by atoms with Gasteiger partial charge in [0.05, 0.1) is 26.3 Å². The van der Waals surface area contributed by atoms with Crippen molar-refractivity contribution in [3.8, 4) is 11.5 Å². The maximum atomic E-state index is 6.03. The summed E-state index contributed by atoms with van der Waals surface area (Å²) < 4.78 is 12.6. The van der Waals surface area contributed by atoms with E-state index in [0.717, 1.165) is 17.5 Å². The summed E-state index contributed by atoms with van der Waals surface area (Å²) in [6.07, 6.45) is 0.771. The van der Waals surface area contributed by atoms with E-state index in [2.05, 4.69) is 15.4 Å². The van der Waals surface area contributed by atoms with Crippen LogP contribution in [0, 0.1) is 0 Å². The number of fused-ring (bicyclic) bond motifs is 1. The molecule has 0 aliphatic carbocycles. The lowest BCUT2D eigenvalue weighted by atomic mass is 9.93. The van der Waals surface area contributed by atoms with E-state index in [0.29, 0.717) is 22.5 Å². The number of rotatable bonds is 4. The van der Waals surface area contributed by atoms with E-state index >= 15 is 0 Å². The SMILES string of the molecule is COc1ccc([C@H]2C[C@H](c3ccc(Cl)cc3)Nc3nc(N)nn32)cc1OC. The van der Waals surface area contributed by atoms with Crippen molar-refractivity contribution in [2.45, 2.75) is 18.5 Å². The van der Waals surface area contributed by atoms with Crippen molar-refractivity contribution in [3.05, 3.63) is 58.6 Å². The van der Waals surface area contributed by atoms with Crippen molar-refractivity contribution in [1.29, 1.82) is 0 Å². The highest BCUT2D eigenvalue weighted by Crippen LogP contribution is 2.40. The predicted molar refractivity (Wildman–Crippen MR) is 105 cm³/mol.